The van der Waals surface area contributed by atoms with Crippen molar-refractivity contribution < 1.29 is 9.18 Å². The highest BCUT2D eigenvalue weighted by molar-refractivity contribution is 7.99. The molecule has 0 unspecified atom stereocenters. The lowest BCUT2D eigenvalue weighted by molar-refractivity contribution is -0.113. The number of carbonyl (C=O) groups is 1. The zero-order valence-electron chi connectivity index (χ0n) is 12.5. The highest BCUT2D eigenvalue weighted by Gasteiger charge is 2.12. The van der Waals surface area contributed by atoms with Crippen LogP contribution >= 0.6 is 11.8 Å². The summed E-state index contributed by atoms with van der Waals surface area (Å²) in [5, 5.41) is 11.2. The first-order valence-electron chi connectivity index (χ1n) is 6.70. The fraction of sp³-hybridized carbons (Fsp3) is 0.267. The largest absolute Gasteiger partial charge is 0.323 e. The smallest absolute Gasteiger partial charge is 0.234 e. The molecule has 5 nitrogen and oxygen atoms in total. The van der Waals surface area contributed by atoms with E-state index < -0.39 is 5.82 Å². The molecule has 0 saturated heterocycles. The predicted molar refractivity (Wildman–Crippen MR) is 85.4 cm³/mol. The van der Waals surface area contributed by atoms with Gasteiger partial charge >= 0.3 is 0 Å². The van der Waals surface area contributed by atoms with Crippen LogP contribution < -0.4 is 5.32 Å². The zero-order valence-corrected chi connectivity index (χ0v) is 13.3. The second kappa shape index (κ2) is 7.22. The minimum Gasteiger partial charge on any atom is -0.323 e. The van der Waals surface area contributed by atoms with E-state index in [0.717, 1.165) is 11.4 Å². The van der Waals surface area contributed by atoms with Crippen LogP contribution in [0.1, 0.15) is 11.4 Å². The molecule has 0 radical (unpaired) electrons. The molecule has 2 aromatic rings. The molecule has 0 spiro atoms. The maximum absolute atomic E-state index is 13.7. The van der Waals surface area contributed by atoms with Gasteiger partial charge < -0.3 is 9.88 Å². The Kier molecular flexibility index (Phi) is 5.32. The Bertz CT molecular complexity index is 699. The number of anilines is 1. The van der Waals surface area contributed by atoms with Gasteiger partial charge in [0, 0.05) is 6.54 Å². The van der Waals surface area contributed by atoms with Crippen molar-refractivity contribution in [1.29, 1.82) is 0 Å². The van der Waals surface area contributed by atoms with E-state index in [2.05, 4.69) is 22.1 Å². The maximum atomic E-state index is 13.7. The van der Waals surface area contributed by atoms with E-state index in [-0.39, 0.29) is 17.3 Å². The van der Waals surface area contributed by atoms with Crippen molar-refractivity contribution in [3.05, 3.63) is 48.1 Å². The van der Waals surface area contributed by atoms with Crippen LogP contribution in [0.2, 0.25) is 0 Å². The fourth-order valence-electron chi connectivity index (χ4n) is 1.85. The molecule has 1 amide bonds. The number of aryl methyl sites for hydroxylation is 2. The SMILES string of the molecule is C=CCn1c(C)nnc1SCC(=O)Nc1ccc(C)cc1F. The first-order chi connectivity index (χ1) is 10.5. The summed E-state index contributed by atoms with van der Waals surface area (Å²) in [6.45, 7) is 7.88. The van der Waals surface area contributed by atoms with Crippen LogP contribution in [0.25, 0.3) is 0 Å². The number of hydrogen-bond acceptors (Lipinski definition) is 4. The van der Waals surface area contributed by atoms with Crippen LogP contribution in [0.3, 0.4) is 0 Å². The van der Waals surface area contributed by atoms with Gasteiger partial charge in [0.1, 0.15) is 11.6 Å². The number of aromatic nitrogens is 3. The molecule has 1 N–H and O–H groups in total. The summed E-state index contributed by atoms with van der Waals surface area (Å²) in [4.78, 5) is 11.9. The van der Waals surface area contributed by atoms with Gasteiger partial charge in [0.2, 0.25) is 5.91 Å². The Hall–Kier alpha value is -2.15. The van der Waals surface area contributed by atoms with E-state index in [1.807, 2.05) is 11.5 Å². The standard InChI is InChI=1S/C15H17FN4OS/c1-4-7-20-11(3)18-19-15(20)22-9-14(21)17-13-6-5-10(2)8-12(13)16/h4-6,8H,1,7,9H2,2-3H3,(H,17,21). The lowest BCUT2D eigenvalue weighted by Gasteiger charge is -2.07. The van der Waals surface area contributed by atoms with Gasteiger partial charge in [-0.2, -0.15) is 0 Å². The van der Waals surface area contributed by atoms with Crippen LogP contribution in [-0.2, 0) is 11.3 Å². The number of hydrogen-bond donors (Lipinski definition) is 1. The quantitative estimate of drug-likeness (QED) is 0.657. The van der Waals surface area contributed by atoms with E-state index >= 15 is 0 Å². The van der Waals surface area contributed by atoms with Gasteiger partial charge in [-0.05, 0) is 31.5 Å². The molecule has 0 aliphatic heterocycles. The molecule has 0 aliphatic rings. The van der Waals surface area contributed by atoms with Crippen molar-refractivity contribution in [3.8, 4) is 0 Å². The molecular weight excluding hydrogens is 303 g/mol. The van der Waals surface area contributed by atoms with Gasteiger partial charge in [0.05, 0.1) is 11.4 Å². The summed E-state index contributed by atoms with van der Waals surface area (Å²) in [5.74, 6) is 0.151. The number of rotatable bonds is 6. The first-order valence-corrected chi connectivity index (χ1v) is 7.69. The van der Waals surface area contributed by atoms with E-state index in [0.29, 0.717) is 11.7 Å². The molecule has 1 heterocycles. The van der Waals surface area contributed by atoms with Crippen molar-refractivity contribution in [2.24, 2.45) is 0 Å². The third-order valence-electron chi connectivity index (χ3n) is 2.94. The maximum Gasteiger partial charge on any atom is 0.234 e. The zero-order chi connectivity index (χ0) is 16.1. The van der Waals surface area contributed by atoms with Crippen LogP contribution in [0.5, 0.6) is 0 Å². The third-order valence-corrected chi connectivity index (χ3v) is 3.91. The van der Waals surface area contributed by atoms with Gasteiger partial charge in [-0.15, -0.1) is 16.8 Å². The lowest BCUT2D eigenvalue weighted by atomic mass is 10.2. The number of carbonyl (C=O) groups excluding carboxylic acids is 1. The molecule has 7 heteroatoms. The second-order valence-electron chi connectivity index (χ2n) is 4.75. The summed E-state index contributed by atoms with van der Waals surface area (Å²) < 4.78 is 15.5. The van der Waals surface area contributed by atoms with Crippen molar-refractivity contribution in [3.63, 3.8) is 0 Å². The molecule has 116 valence electrons. The Morgan fingerprint density at radius 1 is 1.45 bits per heavy atom. The van der Waals surface area contributed by atoms with Gasteiger partial charge in [-0.3, -0.25) is 4.79 Å². The minimum absolute atomic E-state index is 0.128. The summed E-state index contributed by atoms with van der Waals surface area (Å²) in [7, 11) is 0. The van der Waals surface area contributed by atoms with Gasteiger partial charge in [0.15, 0.2) is 5.16 Å². The molecule has 0 aliphatic carbocycles. The Balaban J connectivity index is 1.97. The molecule has 0 atom stereocenters. The molecule has 22 heavy (non-hydrogen) atoms. The highest BCUT2D eigenvalue weighted by atomic mass is 32.2. The average Bonchev–Trinajstić information content (AvgIpc) is 2.81. The molecule has 0 fully saturated rings. The van der Waals surface area contributed by atoms with Crippen molar-refractivity contribution in [2.45, 2.75) is 25.5 Å². The number of nitrogens with zero attached hydrogens (tertiary/aromatic N) is 3. The number of thioether (sulfide) groups is 1. The second-order valence-corrected chi connectivity index (χ2v) is 5.69. The molecule has 2 rings (SSSR count). The van der Waals surface area contributed by atoms with Crippen LogP contribution in [-0.4, -0.2) is 26.4 Å². The normalized spacial score (nSPS) is 10.5. The molecule has 0 saturated carbocycles. The van der Waals surface area contributed by atoms with Gasteiger partial charge in [0.25, 0.3) is 0 Å². The summed E-state index contributed by atoms with van der Waals surface area (Å²) in [5.41, 5.74) is 0.984. The number of halogens is 1. The summed E-state index contributed by atoms with van der Waals surface area (Å²) in [6.07, 6.45) is 1.74. The van der Waals surface area contributed by atoms with Crippen molar-refractivity contribution >= 4 is 23.4 Å². The Morgan fingerprint density at radius 2 is 2.23 bits per heavy atom. The predicted octanol–water partition coefficient (Wildman–Crippen LogP) is 2.95. The van der Waals surface area contributed by atoms with Crippen LogP contribution in [0, 0.1) is 19.7 Å². The number of amides is 1. The Labute approximate surface area is 132 Å². The number of allylic oxidation sites excluding steroid dienone is 1. The average molecular weight is 320 g/mol. The van der Waals surface area contributed by atoms with E-state index in [1.165, 1.54) is 17.8 Å². The highest BCUT2D eigenvalue weighted by Crippen LogP contribution is 2.19. The van der Waals surface area contributed by atoms with Gasteiger partial charge in [-0.25, -0.2) is 4.39 Å². The number of benzene rings is 1. The molecule has 0 bridgehead atoms. The van der Waals surface area contributed by atoms with Crippen LogP contribution in [0.15, 0.2) is 36.0 Å². The topological polar surface area (TPSA) is 59.8 Å². The molecule has 1 aromatic heterocycles. The van der Waals surface area contributed by atoms with E-state index in [9.17, 15) is 9.18 Å². The number of nitrogens with one attached hydrogen (secondary N) is 1. The van der Waals surface area contributed by atoms with Gasteiger partial charge in [-0.1, -0.05) is 23.9 Å². The molecular formula is C15H17FN4OS. The van der Waals surface area contributed by atoms with Crippen molar-refractivity contribution in [1.82, 2.24) is 14.8 Å². The molecule has 1 aromatic carbocycles. The summed E-state index contributed by atoms with van der Waals surface area (Å²) in [6, 6.07) is 4.68. The van der Waals surface area contributed by atoms with Crippen LogP contribution in [0.4, 0.5) is 10.1 Å². The monoisotopic (exact) mass is 320 g/mol. The van der Waals surface area contributed by atoms with E-state index in [4.69, 9.17) is 0 Å². The lowest BCUT2D eigenvalue weighted by Crippen LogP contribution is -2.15. The van der Waals surface area contributed by atoms with Crippen molar-refractivity contribution in [2.75, 3.05) is 11.1 Å². The fourth-order valence-corrected chi connectivity index (χ4v) is 2.64. The first kappa shape index (κ1) is 16.2. The van der Waals surface area contributed by atoms with E-state index in [1.54, 1.807) is 25.1 Å². The summed E-state index contributed by atoms with van der Waals surface area (Å²) >= 11 is 1.25. The third kappa shape index (κ3) is 3.94. The Morgan fingerprint density at radius 3 is 2.91 bits per heavy atom. The minimum atomic E-state index is -0.441.